The minimum Gasteiger partial charge on any atom is -0.494 e. The van der Waals surface area contributed by atoms with E-state index in [9.17, 15) is 14.0 Å². The summed E-state index contributed by atoms with van der Waals surface area (Å²) in [6.07, 6.45) is -0.235. The Morgan fingerprint density at radius 3 is 2.81 bits per heavy atom. The molecule has 0 saturated carbocycles. The Kier molecular flexibility index (Phi) is 5.97. The minimum atomic E-state index is -0.680. The van der Waals surface area contributed by atoms with Gasteiger partial charge in [0, 0.05) is 0 Å². The number of halogens is 1. The maximum absolute atomic E-state index is 13.5. The van der Waals surface area contributed by atoms with Gasteiger partial charge in [0.25, 0.3) is 5.91 Å². The van der Waals surface area contributed by atoms with Crippen molar-refractivity contribution < 1.29 is 23.5 Å². The second-order valence-corrected chi connectivity index (χ2v) is 6.59. The summed E-state index contributed by atoms with van der Waals surface area (Å²) in [7, 11) is 0. The van der Waals surface area contributed by atoms with Gasteiger partial charge in [0.15, 0.2) is 11.7 Å². The molecule has 0 aliphatic heterocycles. The number of esters is 1. The van der Waals surface area contributed by atoms with E-state index in [1.807, 2.05) is 19.1 Å². The molecule has 1 heterocycles. The molecule has 2 aromatic carbocycles. The van der Waals surface area contributed by atoms with Crippen molar-refractivity contribution >= 4 is 38.6 Å². The summed E-state index contributed by atoms with van der Waals surface area (Å²) in [5.74, 6) is -0.949. The Hall–Kier alpha value is -3.00. The van der Waals surface area contributed by atoms with E-state index in [1.54, 1.807) is 12.1 Å². The lowest BCUT2D eigenvalue weighted by Gasteiger charge is -2.05. The number of fused-ring (bicyclic) bond motifs is 1. The van der Waals surface area contributed by atoms with Crippen LogP contribution in [0.5, 0.6) is 5.75 Å². The second kappa shape index (κ2) is 8.59. The van der Waals surface area contributed by atoms with Crippen molar-refractivity contribution in [3.63, 3.8) is 0 Å². The highest BCUT2D eigenvalue weighted by atomic mass is 32.1. The molecule has 3 aromatic rings. The number of nitrogens with zero attached hydrogens (tertiary/aromatic N) is 1. The SMILES string of the molecule is CCOc1ccc2nc(NC(=O)COC(=O)Cc3ccccc3F)sc2c1. The van der Waals surface area contributed by atoms with E-state index in [0.29, 0.717) is 11.7 Å². The number of hydrogen-bond donors (Lipinski definition) is 1. The molecular weight excluding hydrogens is 371 g/mol. The molecule has 0 spiro atoms. The predicted molar refractivity (Wildman–Crippen MR) is 100 cm³/mol. The molecule has 1 N–H and O–H groups in total. The Balaban J connectivity index is 1.53. The first-order chi connectivity index (χ1) is 13.0. The average Bonchev–Trinajstić information content (AvgIpc) is 3.03. The zero-order chi connectivity index (χ0) is 19.2. The highest BCUT2D eigenvalue weighted by Gasteiger charge is 2.13. The van der Waals surface area contributed by atoms with Gasteiger partial charge >= 0.3 is 5.97 Å². The largest absolute Gasteiger partial charge is 0.494 e. The van der Waals surface area contributed by atoms with Crippen LogP contribution in [0.25, 0.3) is 10.2 Å². The predicted octanol–water partition coefficient (Wildman–Crippen LogP) is 3.56. The van der Waals surface area contributed by atoms with Crippen molar-refractivity contribution in [3.8, 4) is 5.75 Å². The lowest BCUT2D eigenvalue weighted by atomic mass is 10.1. The maximum Gasteiger partial charge on any atom is 0.310 e. The number of carbonyl (C=O) groups is 2. The Bertz CT molecular complexity index is 973. The molecule has 1 aromatic heterocycles. The third-order valence-corrected chi connectivity index (χ3v) is 4.51. The van der Waals surface area contributed by atoms with Crippen LogP contribution in [0.1, 0.15) is 12.5 Å². The first-order valence-corrected chi connectivity index (χ1v) is 9.09. The van der Waals surface area contributed by atoms with Gasteiger partial charge in [-0.3, -0.25) is 14.9 Å². The van der Waals surface area contributed by atoms with Crippen LogP contribution in [-0.2, 0) is 20.7 Å². The normalized spacial score (nSPS) is 10.6. The van der Waals surface area contributed by atoms with Gasteiger partial charge in [0.1, 0.15) is 11.6 Å². The standard InChI is InChI=1S/C19H17FN2O4S/c1-2-25-13-7-8-15-16(10-13)27-19(21-15)22-17(23)11-26-18(24)9-12-5-3-4-6-14(12)20/h3-8,10H,2,9,11H2,1H3,(H,21,22,23). The van der Waals surface area contributed by atoms with E-state index in [0.717, 1.165) is 16.0 Å². The number of amides is 1. The topological polar surface area (TPSA) is 77.5 Å². The molecular formula is C19H17FN2O4S. The molecule has 6 nitrogen and oxygen atoms in total. The van der Waals surface area contributed by atoms with Gasteiger partial charge in [-0.1, -0.05) is 29.5 Å². The lowest BCUT2D eigenvalue weighted by molar-refractivity contribution is -0.146. The zero-order valence-corrected chi connectivity index (χ0v) is 15.3. The van der Waals surface area contributed by atoms with Crippen molar-refractivity contribution in [3.05, 3.63) is 53.8 Å². The lowest BCUT2D eigenvalue weighted by Crippen LogP contribution is -2.21. The van der Waals surface area contributed by atoms with Crippen LogP contribution in [-0.4, -0.2) is 30.1 Å². The smallest absolute Gasteiger partial charge is 0.310 e. The molecule has 140 valence electrons. The van der Waals surface area contributed by atoms with Gasteiger partial charge in [0.05, 0.1) is 23.2 Å². The molecule has 0 atom stereocenters. The highest BCUT2D eigenvalue weighted by molar-refractivity contribution is 7.22. The molecule has 0 saturated heterocycles. The van der Waals surface area contributed by atoms with Crippen LogP contribution in [0.3, 0.4) is 0 Å². The quantitative estimate of drug-likeness (QED) is 0.626. The first-order valence-electron chi connectivity index (χ1n) is 8.27. The molecule has 0 unspecified atom stereocenters. The number of aromatic nitrogens is 1. The third-order valence-electron chi connectivity index (χ3n) is 3.57. The summed E-state index contributed by atoms with van der Waals surface area (Å²) in [6, 6.07) is 11.4. The maximum atomic E-state index is 13.5. The molecule has 0 bridgehead atoms. The van der Waals surface area contributed by atoms with Crippen LogP contribution in [0.4, 0.5) is 9.52 Å². The summed E-state index contributed by atoms with van der Waals surface area (Å²) >= 11 is 1.29. The number of hydrogen-bond acceptors (Lipinski definition) is 6. The number of carbonyl (C=O) groups excluding carboxylic acids is 2. The van der Waals surface area contributed by atoms with Crippen molar-refractivity contribution in [2.45, 2.75) is 13.3 Å². The number of ether oxygens (including phenoxy) is 2. The average molecular weight is 388 g/mol. The summed E-state index contributed by atoms with van der Waals surface area (Å²) in [4.78, 5) is 28.0. The molecule has 1 amide bonds. The number of rotatable bonds is 7. The van der Waals surface area contributed by atoms with Gasteiger partial charge in [-0.2, -0.15) is 0 Å². The van der Waals surface area contributed by atoms with Crippen LogP contribution in [0, 0.1) is 5.82 Å². The molecule has 0 fully saturated rings. The number of anilines is 1. The molecule has 3 rings (SSSR count). The molecule has 8 heteroatoms. The minimum absolute atomic E-state index is 0.221. The number of benzene rings is 2. The third kappa shape index (κ3) is 5.01. The molecule has 27 heavy (non-hydrogen) atoms. The van der Waals surface area contributed by atoms with E-state index in [-0.39, 0.29) is 12.0 Å². The summed E-state index contributed by atoms with van der Waals surface area (Å²) in [5.41, 5.74) is 0.953. The molecule has 0 radical (unpaired) electrons. The van der Waals surface area contributed by atoms with Crippen LogP contribution in [0.2, 0.25) is 0 Å². The summed E-state index contributed by atoms with van der Waals surface area (Å²) < 4.78 is 24.7. The van der Waals surface area contributed by atoms with Crippen molar-refractivity contribution in [2.75, 3.05) is 18.5 Å². The van der Waals surface area contributed by atoms with Crippen LogP contribution in [0.15, 0.2) is 42.5 Å². The van der Waals surface area contributed by atoms with Gasteiger partial charge in [-0.25, -0.2) is 9.37 Å². The van der Waals surface area contributed by atoms with Gasteiger partial charge in [0.2, 0.25) is 0 Å². The monoisotopic (exact) mass is 388 g/mol. The van der Waals surface area contributed by atoms with Crippen LogP contribution < -0.4 is 10.1 Å². The fourth-order valence-electron chi connectivity index (χ4n) is 2.36. The van der Waals surface area contributed by atoms with E-state index >= 15 is 0 Å². The first kappa shape index (κ1) is 18.8. The van der Waals surface area contributed by atoms with Gasteiger partial charge in [-0.05, 0) is 36.8 Å². The summed E-state index contributed by atoms with van der Waals surface area (Å²) in [6.45, 7) is 2.00. The Morgan fingerprint density at radius 1 is 1.22 bits per heavy atom. The number of nitrogens with one attached hydrogen (secondary N) is 1. The van der Waals surface area contributed by atoms with Crippen molar-refractivity contribution in [1.29, 1.82) is 0 Å². The van der Waals surface area contributed by atoms with E-state index in [4.69, 9.17) is 9.47 Å². The fourth-order valence-corrected chi connectivity index (χ4v) is 3.28. The van der Waals surface area contributed by atoms with Crippen LogP contribution >= 0.6 is 11.3 Å². The zero-order valence-electron chi connectivity index (χ0n) is 14.5. The van der Waals surface area contributed by atoms with Gasteiger partial charge < -0.3 is 9.47 Å². The van der Waals surface area contributed by atoms with E-state index in [2.05, 4.69) is 10.3 Å². The Morgan fingerprint density at radius 2 is 2.04 bits per heavy atom. The molecule has 0 aliphatic rings. The van der Waals surface area contributed by atoms with Crippen molar-refractivity contribution in [1.82, 2.24) is 4.98 Å². The van der Waals surface area contributed by atoms with Crippen molar-refractivity contribution in [2.24, 2.45) is 0 Å². The summed E-state index contributed by atoms with van der Waals surface area (Å²) in [5, 5.41) is 2.99. The van der Waals surface area contributed by atoms with Gasteiger partial charge in [-0.15, -0.1) is 0 Å². The Labute approximate surface area is 158 Å². The molecule has 0 aliphatic carbocycles. The number of thiazole rings is 1. The highest BCUT2D eigenvalue weighted by Crippen LogP contribution is 2.29. The van der Waals surface area contributed by atoms with E-state index < -0.39 is 24.3 Å². The second-order valence-electron chi connectivity index (χ2n) is 5.56. The van der Waals surface area contributed by atoms with E-state index in [1.165, 1.54) is 29.5 Å². The fraction of sp³-hybridized carbons (Fsp3) is 0.211.